The van der Waals surface area contributed by atoms with E-state index in [4.69, 9.17) is 5.73 Å². The minimum absolute atomic E-state index is 0.117. The number of nitrogens with two attached hydrogens (primary N) is 1. The van der Waals surface area contributed by atoms with Gasteiger partial charge in [0.1, 0.15) is 11.4 Å². The van der Waals surface area contributed by atoms with Gasteiger partial charge in [0.2, 0.25) is 0 Å². The van der Waals surface area contributed by atoms with Gasteiger partial charge in [0.05, 0.1) is 6.20 Å². The largest absolute Gasteiger partial charge is 0.383 e. The van der Waals surface area contributed by atoms with Gasteiger partial charge in [-0.2, -0.15) is 5.10 Å². The molecule has 0 unspecified atom stereocenters. The zero-order chi connectivity index (χ0) is 15.0. The Labute approximate surface area is 121 Å². The number of anilines is 2. The summed E-state index contributed by atoms with van der Waals surface area (Å²) < 4.78 is 1.43. The lowest BCUT2D eigenvalue weighted by Gasteiger charge is -2.17. The lowest BCUT2D eigenvalue weighted by molar-refractivity contribution is 0.0944. The zero-order valence-corrected chi connectivity index (χ0v) is 11.5. The van der Waals surface area contributed by atoms with E-state index >= 15 is 0 Å². The maximum atomic E-state index is 12.2. The highest BCUT2D eigenvalue weighted by molar-refractivity contribution is 6.08. The van der Waals surface area contributed by atoms with Gasteiger partial charge in [0.25, 0.3) is 11.8 Å². The Kier molecular flexibility index (Phi) is 3.09. The van der Waals surface area contributed by atoms with Crippen LogP contribution in [0.25, 0.3) is 0 Å². The van der Waals surface area contributed by atoms with Crippen LogP contribution in [-0.2, 0) is 13.5 Å². The normalized spacial score (nSPS) is 13.5. The summed E-state index contributed by atoms with van der Waals surface area (Å²) in [7, 11) is 1.66. The summed E-state index contributed by atoms with van der Waals surface area (Å²) in [4.78, 5) is 23.9. The fraction of sp³-hybridized carbons (Fsp3) is 0.214. The third-order valence-corrected chi connectivity index (χ3v) is 3.52. The Morgan fingerprint density at radius 3 is 3.00 bits per heavy atom. The number of aromatic nitrogens is 2. The van der Waals surface area contributed by atoms with Gasteiger partial charge in [-0.25, -0.2) is 0 Å². The second-order valence-electron chi connectivity index (χ2n) is 4.90. The molecular weight excluding hydrogens is 270 g/mol. The summed E-state index contributed by atoms with van der Waals surface area (Å²) in [5.74, 6) is -0.173. The number of nitrogens with zero attached hydrogens (tertiary/aromatic N) is 2. The second kappa shape index (κ2) is 4.93. The standard InChI is InChI=1S/C14H15N5O2/c1-19-12(15)11(7-17-19)14(21)18-9-3-2-8-4-5-16-13(20)10(8)6-9/h2-3,6-7H,4-5,15H2,1H3,(H,16,20)(H,18,21). The number of benzene rings is 1. The SMILES string of the molecule is Cn1ncc(C(=O)Nc2ccc3c(c2)C(=O)NCC3)c1N. The quantitative estimate of drug-likeness (QED) is 0.749. The van der Waals surface area contributed by atoms with Crippen LogP contribution in [0.15, 0.2) is 24.4 Å². The van der Waals surface area contributed by atoms with Crippen molar-refractivity contribution in [3.63, 3.8) is 0 Å². The monoisotopic (exact) mass is 285 g/mol. The highest BCUT2D eigenvalue weighted by Gasteiger charge is 2.18. The van der Waals surface area contributed by atoms with Gasteiger partial charge in [0, 0.05) is 24.8 Å². The van der Waals surface area contributed by atoms with Gasteiger partial charge in [-0.1, -0.05) is 6.07 Å². The molecule has 1 aromatic carbocycles. The highest BCUT2D eigenvalue weighted by Crippen LogP contribution is 2.20. The number of nitrogen functional groups attached to an aromatic ring is 1. The van der Waals surface area contributed by atoms with E-state index in [1.165, 1.54) is 10.9 Å². The average molecular weight is 285 g/mol. The molecule has 0 spiro atoms. The summed E-state index contributed by atoms with van der Waals surface area (Å²) in [6.07, 6.45) is 2.21. The molecule has 108 valence electrons. The summed E-state index contributed by atoms with van der Waals surface area (Å²) in [6.45, 7) is 0.643. The molecule has 0 saturated carbocycles. The van der Waals surface area contributed by atoms with Crippen LogP contribution in [0.2, 0.25) is 0 Å². The summed E-state index contributed by atoms with van der Waals surface area (Å²) in [5, 5.41) is 9.44. The van der Waals surface area contributed by atoms with Crippen molar-refractivity contribution in [2.75, 3.05) is 17.6 Å². The van der Waals surface area contributed by atoms with Crippen LogP contribution in [-0.4, -0.2) is 28.1 Å². The first-order chi connectivity index (χ1) is 10.1. The number of hydrogen-bond acceptors (Lipinski definition) is 4. The number of nitrogens with one attached hydrogen (secondary N) is 2. The van der Waals surface area contributed by atoms with E-state index in [1.54, 1.807) is 19.2 Å². The minimum atomic E-state index is -0.350. The number of fused-ring (bicyclic) bond motifs is 1. The average Bonchev–Trinajstić information content (AvgIpc) is 2.80. The predicted octanol–water partition coefficient (Wildman–Crippen LogP) is 0.540. The fourth-order valence-electron chi connectivity index (χ4n) is 2.31. The van der Waals surface area contributed by atoms with E-state index in [-0.39, 0.29) is 11.8 Å². The molecule has 1 aromatic heterocycles. The van der Waals surface area contributed by atoms with Crippen molar-refractivity contribution < 1.29 is 9.59 Å². The Bertz CT molecular complexity index is 735. The van der Waals surface area contributed by atoms with E-state index < -0.39 is 0 Å². The zero-order valence-electron chi connectivity index (χ0n) is 11.5. The fourth-order valence-corrected chi connectivity index (χ4v) is 2.31. The first-order valence-electron chi connectivity index (χ1n) is 6.56. The number of hydrogen-bond donors (Lipinski definition) is 3. The van der Waals surface area contributed by atoms with Crippen LogP contribution >= 0.6 is 0 Å². The third kappa shape index (κ3) is 2.33. The summed E-state index contributed by atoms with van der Waals surface area (Å²) in [6, 6.07) is 5.31. The molecule has 4 N–H and O–H groups in total. The molecule has 2 amide bonds. The van der Waals surface area contributed by atoms with Crippen LogP contribution in [0.4, 0.5) is 11.5 Å². The van der Waals surface area contributed by atoms with E-state index in [9.17, 15) is 9.59 Å². The van der Waals surface area contributed by atoms with Crippen molar-refractivity contribution in [2.24, 2.45) is 7.05 Å². The Morgan fingerprint density at radius 2 is 2.29 bits per heavy atom. The van der Waals surface area contributed by atoms with Crippen LogP contribution in [0.3, 0.4) is 0 Å². The van der Waals surface area contributed by atoms with Gasteiger partial charge in [-0.3, -0.25) is 14.3 Å². The summed E-state index contributed by atoms with van der Waals surface area (Å²) >= 11 is 0. The molecule has 0 radical (unpaired) electrons. The van der Waals surface area contributed by atoms with Crippen LogP contribution in [0.1, 0.15) is 26.3 Å². The molecule has 2 heterocycles. The smallest absolute Gasteiger partial charge is 0.261 e. The molecule has 1 aliphatic rings. The predicted molar refractivity (Wildman–Crippen MR) is 78.1 cm³/mol. The topological polar surface area (TPSA) is 102 Å². The lowest BCUT2D eigenvalue weighted by Crippen LogP contribution is -2.31. The maximum absolute atomic E-state index is 12.2. The second-order valence-corrected chi connectivity index (χ2v) is 4.90. The number of carbonyl (C=O) groups is 2. The molecule has 2 aromatic rings. The molecule has 7 heteroatoms. The summed E-state index contributed by atoms with van der Waals surface area (Å²) in [5.41, 5.74) is 8.20. The van der Waals surface area contributed by atoms with E-state index in [0.29, 0.717) is 29.2 Å². The van der Waals surface area contributed by atoms with Gasteiger partial charge < -0.3 is 16.4 Å². The molecule has 7 nitrogen and oxygen atoms in total. The molecule has 0 atom stereocenters. The van der Waals surface area contributed by atoms with E-state index in [1.807, 2.05) is 6.07 Å². The molecule has 1 aliphatic heterocycles. The lowest BCUT2D eigenvalue weighted by atomic mass is 10.00. The molecular formula is C14H15N5O2. The van der Waals surface area contributed by atoms with Crippen LogP contribution in [0.5, 0.6) is 0 Å². The first kappa shape index (κ1) is 13.2. The van der Waals surface area contributed by atoms with Crippen molar-refractivity contribution in [2.45, 2.75) is 6.42 Å². The number of rotatable bonds is 2. The van der Waals surface area contributed by atoms with Crippen molar-refractivity contribution in [1.82, 2.24) is 15.1 Å². The maximum Gasteiger partial charge on any atom is 0.261 e. The van der Waals surface area contributed by atoms with Crippen molar-refractivity contribution in [1.29, 1.82) is 0 Å². The molecule has 0 fully saturated rings. The van der Waals surface area contributed by atoms with Crippen LogP contribution in [0, 0.1) is 0 Å². The number of amides is 2. The van der Waals surface area contributed by atoms with Gasteiger partial charge in [-0.05, 0) is 24.1 Å². The number of aryl methyl sites for hydroxylation is 1. The van der Waals surface area contributed by atoms with Crippen LogP contribution < -0.4 is 16.4 Å². The first-order valence-corrected chi connectivity index (χ1v) is 6.56. The molecule has 0 bridgehead atoms. The highest BCUT2D eigenvalue weighted by atomic mass is 16.2. The van der Waals surface area contributed by atoms with Gasteiger partial charge in [0.15, 0.2) is 0 Å². The Morgan fingerprint density at radius 1 is 1.48 bits per heavy atom. The number of carbonyl (C=O) groups excluding carboxylic acids is 2. The van der Waals surface area contributed by atoms with Crippen molar-refractivity contribution in [3.8, 4) is 0 Å². The molecule has 0 saturated heterocycles. The molecule has 0 aliphatic carbocycles. The van der Waals surface area contributed by atoms with Gasteiger partial charge >= 0.3 is 0 Å². The minimum Gasteiger partial charge on any atom is -0.383 e. The van der Waals surface area contributed by atoms with Crippen molar-refractivity contribution >= 4 is 23.3 Å². The van der Waals surface area contributed by atoms with E-state index in [0.717, 1.165) is 12.0 Å². The van der Waals surface area contributed by atoms with Gasteiger partial charge in [-0.15, -0.1) is 0 Å². The Balaban J connectivity index is 1.85. The third-order valence-electron chi connectivity index (χ3n) is 3.52. The van der Waals surface area contributed by atoms with Crippen molar-refractivity contribution in [3.05, 3.63) is 41.1 Å². The molecule has 21 heavy (non-hydrogen) atoms. The molecule has 3 rings (SSSR count). The Hall–Kier alpha value is -2.83. The van der Waals surface area contributed by atoms with E-state index in [2.05, 4.69) is 15.7 Å².